The molecule has 0 saturated carbocycles. The summed E-state index contributed by atoms with van der Waals surface area (Å²) in [5.74, 6) is 0.0444. The van der Waals surface area contributed by atoms with Crippen LogP contribution in [0.2, 0.25) is 0 Å². The van der Waals surface area contributed by atoms with Gasteiger partial charge in [0.15, 0.2) is 0 Å². The molecule has 0 aliphatic heterocycles. The minimum Gasteiger partial charge on any atom is -0.506 e. The number of hydrogen-bond donors (Lipinski definition) is 2. The molecule has 1 aromatic carbocycles. The molecule has 3 N–H and O–H groups in total. The molecular formula is C8H7N3O. The predicted octanol–water partition coefficient (Wildman–Crippen LogP) is 0.918. The van der Waals surface area contributed by atoms with Crippen LogP contribution in [0.4, 0.5) is 5.69 Å². The highest BCUT2D eigenvalue weighted by Gasteiger charge is 2.03. The molecule has 4 heteroatoms. The summed E-state index contributed by atoms with van der Waals surface area (Å²) in [5, 5.41) is 9.22. The van der Waals surface area contributed by atoms with Crippen LogP contribution in [-0.2, 0) is 0 Å². The van der Waals surface area contributed by atoms with Crippen molar-refractivity contribution >= 4 is 16.7 Å². The normalized spacial score (nSPS) is 10.3. The van der Waals surface area contributed by atoms with Gasteiger partial charge in [0.1, 0.15) is 17.0 Å². The van der Waals surface area contributed by atoms with Gasteiger partial charge in [0.05, 0.1) is 5.52 Å². The zero-order chi connectivity index (χ0) is 8.55. The van der Waals surface area contributed by atoms with Crippen LogP contribution in [0, 0.1) is 0 Å². The Kier molecular flexibility index (Phi) is 1.33. The molecule has 0 saturated heterocycles. The van der Waals surface area contributed by atoms with E-state index in [1.165, 1.54) is 12.3 Å². The first-order valence-electron chi connectivity index (χ1n) is 3.47. The third-order valence-corrected chi connectivity index (χ3v) is 1.66. The van der Waals surface area contributed by atoms with Crippen molar-refractivity contribution in [2.24, 2.45) is 0 Å². The Morgan fingerprint density at radius 3 is 2.75 bits per heavy atom. The lowest BCUT2D eigenvalue weighted by Gasteiger charge is -2.00. The van der Waals surface area contributed by atoms with Gasteiger partial charge in [-0.05, 0) is 12.1 Å². The molecule has 4 nitrogen and oxygen atoms in total. The summed E-state index contributed by atoms with van der Waals surface area (Å²) >= 11 is 0. The van der Waals surface area contributed by atoms with Gasteiger partial charge < -0.3 is 10.8 Å². The second kappa shape index (κ2) is 2.34. The second-order valence-corrected chi connectivity index (χ2v) is 2.42. The van der Waals surface area contributed by atoms with Crippen molar-refractivity contribution in [1.82, 2.24) is 9.97 Å². The van der Waals surface area contributed by atoms with Crippen LogP contribution >= 0.6 is 0 Å². The van der Waals surface area contributed by atoms with Crippen molar-refractivity contribution in [3.63, 3.8) is 0 Å². The number of fused-ring (bicyclic) bond motifs is 1. The van der Waals surface area contributed by atoms with E-state index >= 15 is 0 Å². The zero-order valence-corrected chi connectivity index (χ0v) is 6.23. The predicted molar refractivity (Wildman–Crippen MR) is 45.6 cm³/mol. The van der Waals surface area contributed by atoms with E-state index in [9.17, 15) is 5.11 Å². The summed E-state index contributed by atoms with van der Waals surface area (Å²) in [4.78, 5) is 8.02. The van der Waals surface area contributed by atoms with Gasteiger partial charge in [-0.15, -0.1) is 0 Å². The quantitative estimate of drug-likeness (QED) is 0.445. The molecule has 60 valence electrons. The molecular weight excluding hydrogens is 154 g/mol. The number of anilines is 1. The van der Waals surface area contributed by atoms with Gasteiger partial charge >= 0.3 is 0 Å². The lowest BCUT2D eigenvalue weighted by atomic mass is 10.2. The van der Waals surface area contributed by atoms with Gasteiger partial charge in [-0.1, -0.05) is 0 Å². The van der Waals surface area contributed by atoms with Gasteiger partial charge in [-0.3, -0.25) is 9.97 Å². The van der Waals surface area contributed by atoms with Crippen LogP contribution in [0.15, 0.2) is 24.5 Å². The number of aromatic hydroxyl groups is 1. The van der Waals surface area contributed by atoms with E-state index in [1.807, 2.05) is 0 Å². The van der Waals surface area contributed by atoms with Crippen LogP contribution in [0.5, 0.6) is 5.75 Å². The molecule has 2 aromatic rings. The second-order valence-electron chi connectivity index (χ2n) is 2.42. The smallest absolute Gasteiger partial charge is 0.140 e. The molecule has 0 fully saturated rings. The number of aromatic nitrogens is 2. The molecule has 0 bridgehead atoms. The van der Waals surface area contributed by atoms with Crippen LogP contribution < -0.4 is 5.73 Å². The first-order valence-corrected chi connectivity index (χ1v) is 3.47. The highest BCUT2D eigenvalue weighted by atomic mass is 16.3. The maximum absolute atomic E-state index is 9.22. The Labute approximate surface area is 68.7 Å². The first kappa shape index (κ1) is 6.84. The Bertz CT molecular complexity index is 428. The standard InChI is InChI=1S/C8H7N3O/c9-7-6(12)2-1-5-8(7)11-4-3-10-5/h1-4,12H,9H2. The average Bonchev–Trinajstić information content (AvgIpc) is 2.12. The summed E-state index contributed by atoms with van der Waals surface area (Å²) in [5.41, 5.74) is 7.07. The topological polar surface area (TPSA) is 72.0 Å². The zero-order valence-electron chi connectivity index (χ0n) is 6.23. The number of rotatable bonds is 0. The highest BCUT2D eigenvalue weighted by Crippen LogP contribution is 2.25. The number of phenols is 1. The SMILES string of the molecule is Nc1c(O)ccc2nccnc12. The fourth-order valence-corrected chi connectivity index (χ4v) is 1.05. The number of benzene rings is 1. The summed E-state index contributed by atoms with van der Waals surface area (Å²) in [6.07, 6.45) is 3.12. The van der Waals surface area contributed by atoms with Crippen LogP contribution in [0.1, 0.15) is 0 Å². The highest BCUT2D eigenvalue weighted by molar-refractivity contribution is 5.89. The third kappa shape index (κ3) is 0.852. The monoisotopic (exact) mass is 161 g/mol. The molecule has 0 radical (unpaired) electrons. The molecule has 0 aliphatic rings. The van der Waals surface area contributed by atoms with Crippen molar-refractivity contribution < 1.29 is 5.11 Å². The third-order valence-electron chi connectivity index (χ3n) is 1.66. The number of nitrogens with two attached hydrogens (primary N) is 1. The summed E-state index contributed by atoms with van der Waals surface area (Å²) < 4.78 is 0. The van der Waals surface area contributed by atoms with Crippen LogP contribution in [-0.4, -0.2) is 15.1 Å². The maximum atomic E-state index is 9.22. The molecule has 1 heterocycles. The van der Waals surface area contributed by atoms with E-state index in [1.54, 1.807) is 12.3 Å². The Morgan fingerprint density at radius 1 is 1.17 bits per heavy atom. The van der Waals surface area contributed by atoms with Crippen molar-refractivity contribution in [3.05, 3.63) is 24.5 Å². The summed E-state index contributed by atoms with van der Waals surface area (Å²) in [7, 11) is 0. The molecule has 0 atom stereocenters. The van der Waals surface area contributed by atoms with Crippen LogP contribution in [0.3, 0.4) is 0 Å². The Hall–Kier alpha value is -1.84. The first-order chi connectivity index (χ1) is 5.79. The van der Waals surface area contributed by atoms with Crippen molar-refractivity contribution in [3.8, 4) is 5.75 Å². The largest absolute Gasteiger partial charge is 0.506 e. The van der Waals surface area contributed by atoms with Crippen molar-refractivity contribution in [2.45, 2.75) is 0 Å². The molecule has 0 aliphatic carbocycles. The van der Waals surface area contributed by atoms with Gasteiger partial charge in [-0.25, -0.2) is 0 Å². The fraction of sp³-hybridized carbons (Fsp3) is 0. The molecule has 0 unspecified atom stereocenters. The lowest BCUT2D eigenvalue weighted by molar-refractivity contribution is 0.478. The van der Waals surface area contributed by atoms with E-state index in [0.29, 0.717) is 11.0 Å². The van der Waals surface area contributed by atoms with E-state index in [4.69, 9.17) is 5.73 Å². The van der Waals surface area contributed by atoms with Gasteiger partial charge in [0.25, 0.3) is 0 Å². The lowest BCUT2D eigenvalue weighted by Crippen LogP contribution is -1.91. The molecule has 0 amide bonds. The molecule has 0 spiro atoms. The van der Waals surface area contributed by atoms with E-state index in [2.05, 4.69) is 9.97 Å². The van der Waals surface area contributed by atoms with Gasteiger partial charge in [-0.2, -0.15) is 0 Å². The number of nitrogens with zero attached hydrogens (tertiary/aromatic N) is 2. The Morgan fingerprint density at radius 2 is 1.92 bits per heavy atom. The van der Waals surface area contributed by atoms with Crippen molar-refractivity contribution in [2.75, 3.05) is 5.73 Å². The number of phenolic OH excluding ortho intramolecular Hbond substituents is 1. The van der Waals surface area contributed by atoms with E-state index < -0.39 is 0 Å². The Balaban J connectivity index is 2.91. The summed E-state index contributed by atoms with van der Waals surface area (Å²) in [6.45, 7) is 0. The number of hydrogen-bond acceptors (Lipinski definition) is 4. The van der Waals surface area contributed by atoms with Crippen molar-refractivity contribution in [1.29, 1.82) is 0 Å². The average molecular weight is 161 g/mol. The van der Waals surface area contributed by atoms with E-state index in [0.717, 1.165) is 0 Å². The minimum absolute atomic E-state index is 0.0444. The van der Waals surface area contributed by atoms with Gasteiger partial charge in [0.2, 0.25) is 0 Å². The fourth-order valence-electron chi connectivity index (χ4n) is 1.05. The molecule has 1 aromatic heterocycles. The maximum Gasteiger partial charge on any atom is 0.140 e. The molecule has 2 rings (SSSR count). The van der Waals surface area contributed by atoms with E-state index in [-0.39, 0.29) is 11.4 Å². The minimum atomic E-state index is 0.0444. The molecule has 12 heavy (non-hydrogen) atoms. The summed E-state index contributed by atoms with van der Waals surface area (Å²) in [6, 6.07) is 3.18. The number of nitrogen functional groups attached to an aromatic ring is 1. The van der Waals surface area contributed by atoms with Crippen LogP contribution in [0.25, 0.3) is 11.0 Å². The van der Waals surface area contributed by atoms with Gasteiger partial charge in [0, 0.05) is 12.4 Å².